The molecular formula is C35H41N4O7S-. The number of fused-ring (bicyclic) bond motifs is 4. The fourth-order valence-corrected chi connectivity index (χ4v) is 7.98. The van der Waals surface area contributed by atoms with Crippen LogP contribution in [0.15, 0.2) is 63.4 Å². The molecule has 0 amide bonds. The summed E-state index contributed by atoms with van der Waals surface area (Å²) in [6.07, 6.45) is 0.637. The minimum absolute atomic E-state index is 0.0163. The highest BCUT2D eigenvalue weighted by atomic mass is 32.2. The van der Waals surface area contributed by atoms with E-state index >= 15 is 0 Å². The Hall–Kier alpha value is -4.58. The zero-order chi connectivity index (χ0) is 34.1. The number of carbonyl (C=O) groups is 1. The summed E-state index contributed by atoms with van der Waals surface area (Å²) in [5.41, 5.74) is 12.6. The van der Waals surface area contributed by atoms with Crippen molar-refractivity contribution in [1.29, 1.82) is 0 Å². The molecule has 0 saturated carbocycles. The van der Waals surface area contributed by atoms with Crippen LogP contribution in [0, 0.1) is 20.8 Å². The van der Waals surface area contributed by atoms with Crippen molar-refractivity contribution in [3.05, 3.63) is 81.9 Å². The van der Waals surface area contributed by atoms with Crippen LogP contribution >= 0.6 is 0 Å². The summed E-state index contributed by atoms with van der Waals surface area (Å²) < 4.78 is 40.9. The molecule has 1 aliphatic carbocycles. The highest BCUT2D eigenvalue weighted by Crippen LogP contribution is 2.45. The Bertz CT molecular complexity index is 1820. The Kier molecular flexibility index (Phi) is 9.53. The van der Waals surface area contributed by atoms with Gasteiger partial charge < -0.3 is 25.4 Å². The van der Waals surface area contributed by atoms with Gasteiger partial charge in [0.05, 0.1) is 4.90 Å². The topological polar surface area (TPSA) is 176 Å². The summed E-state index contributed by atoms with van der Waals surface area (Å²) >= 11 is 0. The van der Waals surface area contributed by atoms with Gasteiger partial charge in [-0.15, -0.1) is 0 Å². The van der Waals surface area contributed by atoms with E-state index in [0.717, 1.165) is 45.6 Å². The number of hydrogen-bond acceptors (Lipinski definition) is 8. The number of carboxylic acid groups (broad SMARTS) is 1. The van der Waals surface area contributed by atoms with Gasteiger partial charge in [-0.3, -0.25) is 9.98 Å². The van der Waals surface area contributed by atoms with Gasteiger partial charge in [0, 0.05) is 19.1 Å². The van der Waals surface area contributed by atoms with Crippen molar-refractivity contribution in [2.75, 3.05) is 13.2 Å². The van der Waals surface area contributed by atoms with Crippen LogP contribution < -0.4 is 20.3 Å². The number of benzene rings is 3. The van der Waals surface area contributed by atoms with Crippen molar-refractivity contribution in [2.24, 2.45) is 15.7 Å². The molecule has 0 saturated heterocycles. The van der Waals surface area contributed by atoms with Gasteiger partial charge in [0.2, 0.25) is 5.96 Å². The number of guanidine groups is 1. The van der Waals surface area contributed by atoms with Gasteiger partial charge in [-0.05, 0) is 105 Å². The van der Waals surface area contributed by atoms with Crippen molar-refractivity contribution in [2.45, 2.75) is 82.8 Å². The quantitative estimate of drug-likeness (QED) is 0.165. The number of carboxylic acids is 1. The van der Waals surface area contributed by atoms with E-state index in [9.17, 15) is 23.4 Å². The largest absolute Gasteiger partial charge is 0.599 e. The van der Waals surface area contributed by atoms with E-state index in [2.05, 4.69) is 14.7 Å². The standard InChI is InChI=1S/C35H42N4O7S/c1-20-21(2)31(22(3)23-16-17-35(4,5)46-30(20)23)47(43,44)39-33(36)37-18-10-15-29(32(40)41)38-34(42)45-19-28-26-13-8-6-11-24(26)25-12-7-9-14-27(25)28/h6-9,11-14,28-29H,10,15-19H2,1-5H3,(H,38,42)(H,40,41)(H3,36,37,39)/p-1/t29-/m1/s1. The van der Waals surface area contributed by atoms with Gasteiger partial charge in [0.15, 0.2) is 0 Å². The summed E-state index contributed by atoms with van der Waals surface area (Å²) in [5, 5.41) is 22.3. The van der Waals surface area contributed by atoms with Crippen molar-refractivity contribution in [1.82, 2.24) is 4.72 Å². The summed E-state index contributed by atoms with van der Waals surface area (Å²) in [6.45, 7) is 9.41. The first kappa shape index (κ1) is 33.8. The highest BCUT2D eigenvalue weighted by Gasteiger charge is 2.34. The summed E-state index contributed by atoms with van der Waals surface area (Å²) in [5.74, 6) is -1.05. The van der Waals surface area contributed by atoms with Crippen molar-refractivity contribution in [3.8, 4) is 16.9 Å². The minimum atomic E-state index is -4.07. The van der Waals surface area contributed by atoms with Crippen LogP contribution in [0.3, 0.4) is 0 Å². The van der Waals surface area contributed by atoms with Crippen molar-refractivity contribution < 1.29 is 32.9 Å². The zero-order valence-electron chi connectivity index (χ0n) is 27.3. The zero-order valence-corrected chi connectivity index (χ0v) is 28.1. The monoisotopic (exact) mass is 661 g/mol. The molecule has 11 nitrogen and oxygen atoms in total. The molecule has 0 radical (unpaired) electrons. The van der Waals surface area contributed by atoms with Gasteiger partial charge in [-0.25, -0.2) is 17.9 Å². The van der Waals surface area contributed by atoms with Gasteiger partial charge in [-0.1, -0.05) is 48.5 Å². The second-order valence-corrected chi connectivity index (χ2v) is 14.3. The Labute approximate surface area is 275 Å². The lowest BCUT2D eigenvalue weighted by molar-refractivity contribution is -0.251. The van der Waals surface area contributed by atoms with Crippen LogP contribution in [0.2, 0.25) is 0 Å². The molecule has 1 heterocycles. The molecule has 0 spiro atoms. The molecule has 3 aromatic carbocycles. The Balaban J connectivity index is 1.19. The molecule has 0 bridgehead atoms. The number of nitrogens with two attached hydrogens (primary N) is 1. The number of ether oxygens (including phenoxy) is 2. The number of aliphatic imine (C=N–C) groups is 2. The second kappa shape index (κ2) is 13.3. The molecule has 0 aromatic heterocycles. The fourth-order valence-electron chi connectivity index (χ4n) is 6.46. The first-order chi connectivity index (χ1) is 22.2. The molecule has 47 heavy (non-hydrogen) atoms. The summed E-state index contributed by atoms with van der Waals surface area (Å²) in [4.78, 5) is 19.9. The summed E-state index contributed by atoms with van der Waals surface area (Å²) in [7, 11) is -4.07. The maximum absolute atomic E-state index is 13.4. The minimum Gasteiger partial charge on any atom is -0.599 e. The fraction of sp³-hybridized carbons (Fsp3) is 0.400. The lowest BCUT2D eigenvalue weighted by Crippen LogP contribution is -2.38. The SMILES string of the molecule is Cc1c(C)c(S(=O)(=O)NC(N)=NCCC[C@@H](N=C([O-])OCC2c3ccccc3-c3ccccc32)C(=O)O)c(C)c2c1OC(C)(C)CC2. The molecule has 0 fully saturated rings. The maximum Gasteiger partial charge on any atom is 0.328 e. The van der Waals surface area contributed by atoms with Crippen LogP contribution in [0.1, 0.15) is 72.4 Å². The molecule has 1 aliphatic heterocycles. The van der Waals surface area contributed by atoms with E-state index in [1.54, 1.807) is 13.8 Å². The highest BCUT2D eigenvalue weighted by molar-refractivity contribution is 7.90. The third-order valence-corrected chi connectivity index (χ3v) is 10.6. The lowest BCUT2D eigenvalue weighted by Gasteiger charge is -2.35. The molecule has 250 valence electrons. The molecule has 0 unspecified atom stereocenters. The van der Waals surface area contributed by atoms with Crippen LogP contribution in [0.5, 0.6) is 5.75 Å². The maximum atomic E-state index is 13.4. The van der Waals surface area contributed by atoms with Crippen LogP contribution in [-0.2, 0) is 26.0 Å². The van der Waals surface area contributed by atoms with Crippen molar-refractivity contribution >= 4 is 28.0 Å². The Morgan fingerprint density at radius 2 is 1.70 bits per heavy atom. The van der Waals surface area contributed by atoms with Gasteiger partial charge in [0.25, 0.3) is 10.0 Å². The average molecular weight is 662 g/mol. The normalized spacial score (nSPS) is 16.4. The lowest BCUT2D eigenvalue weighted by atomic mass is 9.88. The predicted octanol–water partition coefficient (Wildman–Crippen LogP) is 4.09. The van der Waals surface area contributed by atoms with E-state index in [-0.39, 0.29) is 48.4 Å². The molecule has 5 rings (SSSR count). The van der Waals surface area contributed by atoms with Gasteiger partial charge in [0.1, 0.15) is 23.5 Å². The number of rotatable bonds is 10. The number of sulfonamides is 1. The Morgan fingerprint density at radius 3 is 2.32 bits per heavy atom. The molecule has 12 heteroatoms. The van der Waals surface area contributed by atoms with E-state index in [1.165, 1.54) is 0 Å². The number of hydrogen-bond donors (Lipinski definition) is 3. The molecular weight excluding hydrogens is 620 g/mol. The van der Waals surface area contributed by atoms with E-state index in [0.29, 0.717) is 17.5 Å². The van der Waals surface area contributed by atoms with E-state index in [1.807, 2.05) is 69.3 Å². The number of nitrogens with one attached hydrogen (secondary N) is 1. The van der Waals surface area contributed by atoms with Gasteiger partial charge in [-0.2, -0.15) is 0 Å². The third-order valence-electron chi connectivity index (χ3n) is 8.97. The Morgan fingerprint density at radius 1 is 1.09 bits per heavy atom. The number of nitrogens with zero attached hydrogens (tertiary/aromatic N) is 2. The van der Waals surface area contributed by atoms with E-state index in [4.69, 9.17) is 15.2 Å². The van der Waals surface area contributed by atoms with E-state index < -0.39 is 28.1 Å². The smallest absolute Gasteiger partial charge is 0.328 e. The van der Waals surface area contributed by atoms with Crippen LogP contribution in [0.4, 0.5) is 0 Å². The predicted molar refractivity (Wildman–Crippen MR) is 178 cm³/mol. The first-order valence-corrected chi connectivity index (χ1v) is 17.1. The molecule has 4 N–H and O–H groups in total. The van der Waals surface area contributed by atoms with Crippen LogP contribution in [-0.4, -0.2) is 56.3 Å². The third kappa shape index (κ3) is 7.07. The van der Waals surface area contributed by atoms with Crippen molar-refractivity contribution in [3.63, 3.8) is 0 Å². The van der Waals surface area contributed by atoms with Gasteiger partial charge >= 0.3 is 5.97 Å². The van der Waals surface area contributed by atoms with Crippen LogP contribution in [0.25, 0.3) is 11.1 Å². The molecule has 2 aliphatic rings. The second-order valence-electron chi connectivity index (χ2n) is 12.7. The molecule has 3 aromatic rings. The first-order valence-electron chi connectivity index (χ1n) is 15.6. The average Bonchev–Trinajstić information content (AvgIpc) is 3.33. The number of aliphatic carboxylic acids is 1. The summed E-state index contributed by atoms with van der Waals surface area (Å²) in [6, 6.07) is 14.4. The molecule has 1 atom stereocenters.